The van der Waals surface area contributed by atoms with Crippen LogP contribution in [0, 0.1) is 11.6 Å². The Hall–Kier alpha value is -1.82. The second-order valence-corrected chi connectivity index (χ2v) is 6.40. The highest BCUT2D eigenvalue weighted by Crippen LogP contribution is 2.38. The van der Waals surface area contributed by atoms with E-state index in [2.05, 4.69) is 6.58 Å². The summed E-state index contributed by atoms with van der Waals surface area (Å²) in [5.41, 5.74) is -1.95. The molecule has 0 spiro atoms. The van der Waals surface area contributed by atoms with Gasteiger partial charge < -0.3 is 4.90 Å². The Morgan fingerprint density at radius 1 is 1.26 bits per heavy atom. The zero-order chi connectivity index (χ0) is 17.4. The number of halogens is 3. The average Bonchev–Trinajstić information content (AvgIpc) is 2.48. The van der Waals surface area contributed by atoms with Crippen molar-refractivity contribution in [1.29, 1.82) is 0 Å². The molecule has 3 nitrogen and oxygen atoms in total. The van der Waals surface area contributed by atoms with Crippen LogP contribution in [0.4, 0.5) is 13.2 Å². The maximum Gasteiger partial charge on any atom is 0.246 e. The number of hydrogen-bond acceptors (Lipinski definition) is 2. The highest BCUT2D eigenvalue weighted by molar-refractivity contribution is 5.88. The average molecular weight is 326 g/mol. The van der Waals surface area contributed by atoms with Crippen LogP contribution in [0.15, 0.2) is 30.9 Å². The number of hydrogen-bond donors (Lipinski definition) is 0. The SMILES string of the molecule is C=CCN1C(=O)[C@](C)(CF)N(C)C[C@@]1(C)c1cc(F)cc(F)c1. The van der Waals surface area contributed by atoms with Crippen LogP contribution in [-0.4, -0.2) is 48.1 Å². The van der Waals surface area contributed by atoms with Gasteiger partial charge in [0.2, 0.25) is 5.91 Å². The Morgan fingerprint density at radius 3 is 2.30 bits per heavy atom. The first-order valence-electron chi connectivity index (χ1n) is 7.36. The Labute approximate surface area is 134 Å². The third kappa shape index (κ3) is 2.76. The highest BCUT2D eigenvalue weighted by atomic mass is 19.1. The van der Waals surface area contributed by atoms with Gasteiger partial charge >= 0.3 is 0 Å². The molecule has 0 aliphatic carbocycles. The molecule has 2 atom stereocenters. The number of carbonyl (C=O) groups is 1. The molecule has 0 bridgehead atoms. The van der Waals surface area contributed by atoms with E-state index < -0.39 is 35.3 Å². The number of nitrogens with zero attached hydrogens (tertiary/aromatic N) is 2. The second kappa shape index (κ2) is 6.00. The summed E-state index contributed by atoms with van der Waals surface area (Å²) in [6, 6.07) is 3.20. The Bertz CT molecular complexity index is 616. The van der Waals surface area contributed by atoms with Gasteiger partial charge in [-0.25, -0.2) is 13.2 Å². The number of alkyl halides is 1. The maximum atomic E-state index is 13.6. The van der Waals surface area contributed by atoms with Crippen molar-refractivity contribution < 1.29 is 18.0 Å². The summed E-state index contributed by atoms with van der Waals surface area (Å²) in [4.78, 5) is 15.9. The highest BCUT2D eigenvalue weighted by Gasteiger charge is 2.53. The first-order chi connectivity index (χ1) is 10.7. The molecule has 2 rings (SSSR count). The molecule has 0 aromatic heterocycles. The number of amides is 1. The molecule has 126 valence electrons. The summed E-state index contributed by atoms with van der Waals surface area (Å²) in [6.45, 7) is 6.44. The van der Waals surface area contributed by atoms with E-state index in [4.69, 9.17) is 0 Å². The Kier molecular flexibility index (Phi) is 4.57. The maximum absolute atomic E-state index is 13.6. The first-order valence-corrected chi connectivity index (χ1v) is 7.36. The van der Waals surface area contributed by atoms with Gasteiger partial charge in [-0.2, -0.15) is 0 Å². The van der Waals surface area contributed by atoms with E-state index in [0.717, 1.165) is 6.07 Å². The molecular formula is C17H21F3N2O. The molecule has 1 aromatic carbocycles. The molecule has 1 heterocycles. The first kappa shape index (κ1) is 17.5. The van der Waals surface area contributed by atoms with Crippen LogP contribution in [0.1, 0.15) is 19.4 Å². The third-order valence-electron chi connectivity index (χ3n) is 4.75. The molecule has 23 heavy (non-hydrogen) atoms. The van der Waals surface area contributed by atoms with Crippen LogP contribution in [-0.2, 0) is 10.3 Å². The van der Waals surface area contributed by atoms with Crippen LogP contribution in [0.5, 0.6) is 0 Å². The molecule has 0 N–H and O–H groups in total. The van der Waals surface area contributed by atoms with Crippen LogP contribution in [0.2, 0.25) is 0 Å². The van der Waals surface area contributed by atoms with Crippen LogP contribution in [0.3, 0.4) is 0 Å². The van der Waals surface area contributed by atoms with Crippen molar-refractivity contribution in [1.82, 2.24) is 9.80 Å². The van der Waals surface area contributed by atoms with E-state index in [1.165, 1.54) is 30.0 Å². The molecule has 6 heteroatoms. The van der Waals surface area contributed by atoms with Gasteiger partial charge in [0.25, 0.3) is 0 Å². The molecule has 1 aromatic rings. The van der Waals surface area contributed by atoms with E-state index >= 15 is 0 Å². The van der Waals surface area contributed by atoms with Crippen molar-refractivity contribution in [3.63, 3.8) is 0 Å². The Morgan fingerprint density at radius 2 is 1.83 bits per heavy atom. The quantitative estimate of drug-likeness (QED) is 0.795. The molecule has 1 saturated heterocycles. The van der Waals surface area contributed by atoms with Crippen molar-refractivity contribution in [2.75, 3.05) is 26.8 Å². The van der Waals surface area contributed by atoms with Crippen LogP contribution in [0.25, 0.3) is 0 Å². The van der Waals surface area contributed by atoms with Crippen molar-refractivity contribution in [2.24, 2.45) is 0 Å². The van der Waals surface area contributed by atoms with E-state index in [-0.39, 0.29) is 13.1 Å². The van der Waals surface area contributed by atoms with E-state index in [1.807, 2.05) is 0 Å². The number of piperazine rings is 1. The molecule has 0 radical (unpaired) electrons. The van der Waals surface area contributed by atoms with Gasteiger partial charge in [-0.15, -0.1) is 6.58 Å². The molecule has 1 aliphatic heterocycles. The minimum Gasteiger partial charge on any atom is -0.327 e. The topological polar surface area (TPSA) is 23.6 Å². The molecule has 0 saturated carbocycles. The lowest BCUT2D eigenvalue weighted by Gasteiger charge is -2.54. The van der Waals surface area contributed by atoms with Gasteiger partial charge in [0.1, 0.15) is 23.8 Å². The van der Waals surface area contributed by atoms with E-state index in [0.29, 0.717) is 5.56 Å². The summed E-state index contributed by atoms with van der Waals surface area (Å²) < 4.78 is 40.8. The zero-order valence-corrected chi connectivity index (χ0v) is 13.6. The second-order valence-electron chi connectivity index (χ2n) is 6.40. The van der Waals surface area contributed by atoms with Gasteiger partial charge in [0.05, 0.1) is 5.54 Å². The lowest BCUT2D eigenvalue weighted by molar-refractivity contribution is -0.162. The molecule has 1 aliphatic rings. The lowest BCUT2D eigenvalue weighted by atomic mass is 9.82. The molecule has 1 amide bonds. The molecule has 0 unspecified atom stereocenters. The van der Waals surface area contributed by atoms with Gasteiger partial charge in [0.15, 0.2) is 0 Å². The van der Waals surface area contributed by atoms with Crippen molar-refractivity contribution in [2.45, 2.75) is 24.9 Å². The summed E-state index contributed by atoms with van der Waals surface area (Å²) in [5.74, 6) is -1.86. The summed E-state index contributed by atoms with van der Waals surface area (Å²) in [7, 11) is 1.64. The fourth-order valence-electron chi connectivity index (χ4n) is 3.08. The third-order valence-corrected chi connectivity index (χ3v) is 4.75. The van der Waals surface area contributed by atoms with Crippen molar-refractivity contribution >= 4 is 5.91 Å². The predicted molar refractivity (Wildman–Crippen MR) is 82.6 cm³/mol. The predicted octanol–water partition coefficient (Wildman–Crippen LogP) is 2.87. The number of benzene rings is 1. The normalized spacial score (nSPS) is 29.0. The largest absolute Gasteiger partial charge is 0.327 e. The molecule has 1 fully saturated rings. The van der Waals surface area contributed by atoms with Gasteiger partial charge in [-0.3, -0.25) is 9.69 Å². The summed E-state index contributed by atoms with van der Waals surface area (Å²) in [6.07, 6.45) is 1.52. The smallest absolute Gasteiger partial charge is 0.246 e. The number of likely N-dealkylation sites (N-methyl/N-ethyl adjacent to an activating group) is 1. The van der Waals surface area contributed by atoms with Gasteiger partial charge in [-0.1, -0.05) is 6.08 Å². The van der Waals surface area contributed by atoms with Crippen molar-refractivity contribution in [3.8, 4) is 0 Å². The fourth-order valence-corrected chi connectivity index (χ4v) is 3.08. The van der Waals surface area contributed by atoms with Crippen LogP contribution >= 0.6 is 0 Å². The number of carbonyl (C=O) groups excluding carboxylic acids is 1. The minimum absolute atomic E-state index is 0.164. The Balaban J connectivity index is 2.58. The summed E-state index contributed by atoms with van der Waals surface area (Å²) in [5, 5.41) is 0. The zero-order valence-electron chi connectivity index (χ0n) is 13.6. The standard InChI is InChI=1S/C17H21F3N2O/c1-5-6-22-15(23)16(2,10-18)21(4)11-17(22,3)12-7-13(19)9-14(20)8-12/h5,7-9H,1,6,10-11H2,2-4H3/t16-,17-/m0/s1. The number of rotatable bonds is 4. The lowest BCUT2D eigenvalue weighted by Crippen LogP contribution is -2.70. The van der Waals surface area contributed by atoms with Crippen molar-refractivity contribution in [3.05, 3.63) is 48.1 Å². The van der Waals surface area contributed by atoms with E-state index in [1.54, 1.807) is 18.9 Å². The van der Waals surface area contributed by atoms with Crippen LogP contribution < -0.4 is 0 Å². The monoisotopic (exact) mass is 326 g/mol. The fraction of sp³-hybridized carbons (Fsp3) is 0.471. The van der Waals surface area contributed by atoms with Gasteiger partial charge in [-0.05, 0) is 38.6 Å². The summed E-state index contributed by atoms with van der Waals surface area (Å²) >= 11 is 0. The molecular weight excluding hydrogens is 305 g/mol. The van der Waals surface area contributed by atoms with Gasteiger partial charge in [0, 0.05) is 19.2 Å². The van der Waals surface area contributed by atoms with E-state index in [9.17, 15) is 18.0 Å². The minimum atomic E-state index is -1.30.